The molecule has 1 N–H and O–H groups in total. The van der Waals surface area contributed by atoms with E-state index in [0.717, 1.165) is 13.3 Å². The van der Waals surface area contributed by atoms with Gasteiger partial charge in [0.25, 0.3) is 0 Å². The van der Waals surface area contributed by atoms with Gasteiger partial charge in [0, 0.05) is 5.56 Å². The monoisotopic (exact) mass is 284 g/mol. The summed E-state index contributed by atoms with van der Waals surface area (Å²) in [6, 6.07) is 0. The molecule has 0 atom stereocenters. The lowest BCUT2D eigenvalue weighted by Crippen LogP contribution is -2.20. The fourth-order valence-corrected chi connectivity index (χ4v) is 1.20. The lowest BCUT2D eigenvalue weighted by Gasteiger charge is -2.15. The van der Waals surface area contributed by atoms with Crippen LogP contribution in [0.1, 0.15) is 5.56 Å². The van der Waals surface area contributed by atoms with E-state index in [2.05, 4.69) is 14.5 Å². The summed E-state index contributed by atoms with van der Waals surface area (Å²) in [6.07, 6.45) is -4.93. The maximum absolute atomic E-state index is 12.2. The molecule has 9 heteroatoms. The highest BCUT2D eigenvalue weighted by Crippen LogP contribution is 2.35. The second kappa shape index (κ2) is 5.30. The molecule has 0 aliphatic rings. The van der Waals surface area contributed by atoms with Crippen molar-refractivity contribution in [2.24, 2.45) is 0 Å². The first-order chi connectivity index (χ1) is 8.24. The number of methoxy groups -OCH3 is 1. The highest BCUT2D eigenvalue weighted by Gasteiger charge is 2.33. The minimum Gasteiger partial charge on any atom is -0.453 e. The highest BCUT2D eigenvalue weighted by molar-refractivity contribution is 6.30. The van der Waals surface area contributed by atoms with Crippen LogP contribution in [0.15, 0.2) is 6.20 Å². The number of alkyl halides is 3. The first-order valence-corrected chi connectivity index (χ1v) is 4.88. The number of halogens is 4. The number of anilines is 1. The molecule has 0 saturated heterocycles. The number of nitrogens with zero attached hydrogens (tertiary/aromatic N) is 1. The largest absolute Gasteiger partial charge is 0.573 e. The molecule has 0 aliphatic heterocycles. The maximum Gasteiger partial charge on any atom is 0.573 e. The summed E-state index contributed by atoms with van der Waals surface area (Å²) in [5.74, 6) is -0.632. The van der Waals surface area contributed by atoms with Gasteiger partial charge in [-0.05, 0) is 6.92 Å². The third kappa shape index (κ3) is 3.66. The van der Waals surface area contributed by atoms with Crippen LogP contribution in [0.5, 0.6) is 5.75 Å². The normalized spacial score (nSPS) is 11.0. The first kappa shape index (κ1) is 14.4. The third-order valence-electron chi connectivity index (χ3n) is 1.84. The summed E-state index contributed by atoms with van der Waals surface area (Å²) < 4.78 is 44.7. The lowest BCUT2D eigenvalue weighted by molar-refractivity contribution is -0.274. The van der Waals surface area contributed by atoms with Crippen LogP contribution in [0, 0.1) is 6.92 Å². The van der Waals surface area contributed by atoms with Crippen LogP contribution in [-0.2, 0) is 4.74 Å². The van der Waals surface area contributed by atoms with Gasteiger partial charge in [-0.25, -0.2) is 9.78 Å². The zero-order chi connectivity index (χ0) is 13.9. The summed E-state index contributed by atoms with van der Waals surface area (Å²) in [4.78, 5) is 14.6. The predicted octanol–water partition coefficient (Wildman–Crippen LogP) is 3.12. The minimum atomic E-state index is -4.91. The van der Waals surface area contributed by atoms with Gasteiger partial charge in [-0.1, -0.05) is 11.6 Å². The Bertz CT molecular complexity index is 465. The molecule has 0 aliphatic carbocycles. The Kier molecular flexibility index (Phi) is 4.23. The van der Waals surface area contributed by atoms with Crippen LogP contribution in [-0.4, -0.2) is 24.5 Å². The van der Waals surface area contributed by atoms with E-state index in [0.29, 0.717) is 0 Å². The zero-order valence-corrected chi connectivity index (χ0v) is 10.0. The lowest BCUT2D eigenvalue weighted by atomic mass is 10.2. The Balaban J connectivity index is 3.17. The fraction of sp³-hybridized carbons (Fsp3) is 0.333. The number of hydrogen-bond donors (Lipinski definition) is 1. The quantitative estimate of drug-likeness (QED) is 0.848. The number of amides is 1. The number of carbonyl (C=O) groups excluding carboxylic acids is 1. The van der Waals surface area contributed by atoms with Crippen molar-refractivity contribution in [3.63, 3.8) is 0 Å². The van der Waals surface area contributed by atoms with Crippen molar-refractivity contribution >= 4 is 23.4 Å². The molecule has 1 rings (SSSR count). The zero-order valence-electron chi connectivity index (χ0n) is 9.26. The Hall–Kier alpha value is -1.70. The van der Waals surface area contributed by atoms with Gasteiger partial charge in [0.15, 0.2) is 5.75 Å². The standard InChI is InChI=1S/C9H8ClF3N2O3/c1-4-6(18-9(11,12)13)5(3-14-7(4)10)15-8(16)17-2/h3H,1-2H3,(H,15,16). The molecule has 0 bridgehead atoms. The van der Waals surface area contributed by atoms with Gasteiger partial charge in [-0.3, -0.25) is 5.32 Å². The van der Waals surface area contributed by atoms with Gasteiger partial charge in [0.05, 0.1) is 13.3 Å². The van der Waals surface area contributed by atoms with Gasteiger partial charge in [-0.2, -0.15) is 0 Å². The molecule has 0 aromatic carbocycles. The van der Waals surface area contributed by atoms with E-state index < -0.39 is 18.2 Å². The van der Waals surface area contributed by atoms with Crippen LogP contribution in [0.25, 0.3) is 0 Å². The van der Waals surface area contributed by atoms with Crippen LogP contribution >= 0.6 is 11.6 Å². The summed E-state index contributed by atoms with van der Waals surface area (Å²) >= 11 is 5.58. The third-order valence-corrected chi connectivity index (χ3v) is 2.22. The van der Waals surface area contributed by atoms with Crippen LogP contribution in [0.4, 0.5) is 23.7 Å². The average molecular weight is 285 g/mol. The van der Waals surface area contributed by atoms with Gasteiger partial charge >= 0.3 is 12.5 Å². The number of rotatable bonds is 2. The first-order valence-electron chi connectivity index (χ1n) is 4.50. The van der Waals surface area contributed by atoms with Crippen molar-refractivity contribution in [3.05, 3.63) is 16.9 Å². The highest BCUT2D eigenvalue weighted by atomic mass is 35.5. The topological polar surface area (TPSA) is 60.5 Å². The molecule has 1 amide bonds. The van der Waals surface area contributed by atoms with E-state index in [9.17, 15) is 18.0 Å². The molecule has 0 radical (unpaired) electrons. The number of nitrogens with one attached hydrogen (secondary N) is 1. The second-order valence-electron chi connectivity index (χ2n) is 3.08. The Morgan fingerprint density at radius 3 is 2.61 bits per heavy atom. The number of hydrogen-bond acceptors (Lipinski definition) is 4. The van der Waals surface area contributed by atoms with Crippen LogP contribution in [0.3, 0.4) is 0 Å². The summed E-state index contributed by atoms with van der Waals surface area (Å²) in [5, 5.41) is 1.88. The van der Waals surface area contributed by atoms with Crippen LogP contribution < -0.4 is 10.1 Å². The summed E-state index contributed by atoms with van der Waals surface area (Å²) in [7, 11) is 1.07. The number of aromatic nitrogens is 1. The molecule has 1 aromatic heterocycles. The SMILES string of the molecule is COC(=O)Nc1cnc(Cl)c(C)c1OC(F)(F)F. The van der Waals surface area contributed by atoms with E-state index in [1.807, 2.05) is 5.32 Å². The minimum absolute atomic E-state index is 0.0529. The Labute approximate surface area is 105 Å². The van der Waals surface area contributed by atoms with Crippen molar-refractivity contribution in [2.45, 2.75) is 13.3 Å². The summed E-state index contributed by atoms with van der Waals surface area (Å²) in [6.45, 7) is 1.28. The molecular formula is C9H8ClF3N2O3. The number of ether oxygens (including phenoxy) is 2. The molecule has 1 heterocycles. The van der Waals surface area contributed by atoms with E-state index in [4.69, 9.17) is 11.6 Å². The van der Waals surface area contributed by atoms with E-state index in [1.54, 1.807) is 0 Å². The maximum atomic E-state index is 12.2. The fourth-order valence-electron chi connectivity index (χ4n) is 1.07. The summed E-state index contributed by atoms with van der Waals surface area (Å²) in [5.41, 5.74) is -0.344. The number of carbonyl (C=O) groups is 1. The van der Waals surface area contributed by atoms with Crippen molar-refractivity contribution in [3.8, 4) is 5.75 Å². The molecular weight excluding hydrogens is 277 g/mol. The average Bonchev–Trinajstić information content (AvgIpc) is 2.27. The van der Waals surface area contributed by atoms with E-state index >= 15 is 0 Å². The van der Waals surface area contributed by atoms with Crippen molar-refractivity contribution in [2.75, 3.05) is 12.4 Å². The van der Waals surface area contributed by atoms with Crippen molar-refractivity contribution < 1.29 is 27.4 Å². The van der Waals surface area contributed by atoms with Gasteiger partial charge < -0.3 is 9.47 Å². The smallest absolute Gasteiger partial charge is 0.453 e. The molecule has 100 valence electrons. The Morgan fingerprint density at radius 1 is 1.50 bits per heavy atom. The van der Waals surface area contributed by atoms with Gasteiger partial charge in [-0.15, -0.1) is 13.2 Å². The van der Waals surface area contributed by atoms with Crippen LogP contribution in [0.2, 0.25) is 5.15 Å². The van der Waals surface area contributed by atoms with Gasteiger partial charge in [0.1, 0.15) is 10.8 Å². The molecule has 5 nitrogen and oxygen atoms in total. The second-order valence-corrected chi connectivity index (χ2v) is 3.44. The predicted molar refractivity (Wildman–Crippen MR) is 56.7 cm³/mol. The van der Waals surface area contributed by atoms with Gasteiger partial charge in [0.2, 0.25) is 0 Å². The Morgan fingerprint density at radius 2 is 2.11 bits per heavy atom. The molecule has 18 heavy (non-hydrogen) atoms. The molecule has 0 unspecified atom stereocenters. The van der Waals surface area contributed by atoms with Crippen molar-refractivity contribution in [1.82, 2.24) is 4.98 Å². The molecule has 1 aromatic rings. The molecule has 0 fully saturated rings. The molecule has 0 spiro atoms. The van der Waals surface area contributed by atoms with Crippen molar-refractivity contribution in [1.29, 1.82) is 0 Å². The number of pyridine rings is 1. The molecule has 0 saturated carbocycles. The van der Waals surface area contributed by atoms with E-state index in [1.165, 1.54) is 6.92 Å². The van der Waals surface area contributed by atoms with E-state index in [-0.39, 0.29) is 16.4 Å².